The molecular weight excluding hydrogens is 573 g/mol. The Hall–Kier alpha value is -3.99. The Kier molecular flexibility index (Phi) is 6.72. The summed E-state index contributed by atoms with van der Waals surface area (Å²) in [5.41, 5.74) is -0.905. The maximum absolute atomic E-state index is 13.2. The largest absolute Gasteiger partial charge is 0.481 e. The molecule has 0 saturated heterocycles. The number of pyridine rings is 2. The van der Waals surface area contributed by atoms with Crippen LogP contribution in [-0.4, -0.2) is 31.7 Å². The number of hydrogen-bond acceptors (Lipinski definition) is 6. The van der Waals surface area contributed by atoms with Crippen molar-refractivity contribution < 1.29 is 23.0 Å². The van der Waals surface area contributed by atoms with Gasteiger partial charge in [-0.15, -0.1) is 11.3 Å². The number of fused-ring (bicyclic) bond motifs is 2. The first-order valence-corrected chi connectivity index (χ1v) is 13.7. The summed E-state index contributed by atoms with van der Waals surface area (Å²) in [6.45, 7) is 0. The molecule has 1 unspecified atom stereocenters. The van der Waals surface area contributed by atoms with Gasteiger partial charge >= 0.3 is 6.18 Å². The fourth-order valence-corrected chi connectivity index (χ4v) is 6.41. The van der Waals surface area contributed by atoms with Crippen LogP contribution < -0.4 is 4.74 Å². The van der Waals surface area contributed by atoms with Crippen molar-refractivity contribution in [3.63, 3.8) is 0 Å². The van der Waals surface area contributed by atoms with Crippen LogP contribution in [0, 0.1) is 0 Å². The van der Waals surface area contributed by atoms with Gasteiger partial charge in [0, 0.05) is 45.8 Å². The normalized spacial score (nSPS) is 13.5. The number of alkyl halides is 3. The summed E-state index contributed by atoms with van der Waals surface area (Å²) in [7, 11) is 3.22. The number of hydrogen-bond donors (Lipinski definition) is 1. The highest BCUT2D eigenvalue weighted by Gasteiger charge is 2.39. The Labute approximate surface area is 241 Å². The third-order valence-corrected chi connectivity index (χ3v) is 8.62. The lowest BCUT2D eigenvalue weighted by atomic mass is 9.83. The molecule has 0 radical (unpaired) electrons. The van der Waals surface area contributed by atoms with E-state index in [0.717, 1.165) is 27.2 Å². The minimum atomic E-state index is -4.62. The number of nitrogens with zero attached hydrogens (tertiary/aromatic N) is 4. The van der Waals surface area contributed by atoms with E-state index in [9.17, 15) is 18.3 Å². The van der Waals surface area contributed by atoms with E-state index in [-0.39, 0.29) is 5.56 Å². The highest BCUT2D eigenvalue weighted by atomic mass is 35.5. The molecular formula is C30H22ClF3N4O2S. The minimum absolute atomic E-state index is 0.136. The Morgan fingerprint density at radius 2 is 1.80 bits per heavy atom. The first-order valence-electron chi connectivity index (χ1n) is 12.5. The molecule has 0 aliphatic carbocycles. The highest BCUT2D eigenvalue weighted by Crippen LogP contribution is 2.41. The van der Waals surface area contributed by atoms with Gasteiger partial charge in [0.15, 0.2) is 5.60 Å². The quantitative estimate of drug-likeness (QED) is 0.222. The van der Waals surface area contributed by atoms with Gasteiger partial charge in [-0.25, -0.2) is 9.97 Å². The zero-order valence-electron chi connectivity index (χ0n) is 21.8. The topological polar surface area (TPSA) is 73.1 Å². The second-order valence-electron chi connectivity index (χ2n) is 9.60. The molecule has 0 aliphatic rings. The molecule has 0 bridgehead atoms. The molecule has 2 aromatic carbocycles. The number of imidazole rings is 1. The molecule has 0 fully saturated rings. The SMILES string of the molecule is COc1nc2ccc(C(O)(c3ccc(C(F)(F)F)nc3)c3cncn3C)cc2c(Cl)c1Cc1cc2ccccc2s1. The van der Waals surface area contributed by atoms with Gasteiger partial charge in [0.05, 0.1) is 35.9 Å². The molecule has 0 spiro atoms. The van der Waals surface area contributed by atoms with Crippen molar-refractivity contribution in [2.24, 2.45) is 7.05 Å². The number of aromatic nitrogens is 4. The summed E-state index contributed by atoms with van der Waals surface area (Å²) >= 11 is 8.67. The lowest BCUT2D eigenvalue weighted by molar-refractivity contribution is -0.141. The number of halogens is 4. The number of aryl methyl sites for hydroxylation is 1. The Bertz CT molecular complexity index is 1870. The third kappa shape index (κ3) is 4.71. The molecule has 6 nitrogen and oxygen atoms in total. The van der Waals surface area contributed by atoms with Crippen molar-refractivity contribution in [3.05, 3.63) is 117 Å². The van der Waals surface area contributed by atoms with Crippen molar-refractivity contribution in [2.45, 2.75) is 18.2 Å². The molecule has 1 atom stereocenters. The Morgan fingerprint density at radius 3 is 2.46 bits per heavy atom. The smallest absolute Gasteiger partial charge is 0.433 e. The van der Waals surface area contributed by atoms with Crippen LogP contribution in [0.15, 0.2) is 79.4 Å². The van der Waals surface area contributed by atoms with E-state index in [2.05, 4.69) is 33.2 Å². The molecule has 0 amide bonds. The van der Waals surface area contributed by atoms with Gasteiger partial charge in [0.25, 0.3) is 0 Å². The van der Waals surface area contributed by atoms with Gasteiger partial charge < -0.3 is 14.4 Å². The minimum Gasteiger partial charge on any atom is -0.481 e. The van der Waals surface area contributed by atoms with Crippen LogP contribution in [0.5, 0.6) is 5.88 Å². The van der Waals surface area contributed by atoms with Gasteiger partial charge in [-0.05, 0) is 41.3 Å². The maximum atomic E-state index is 13.2. The maximum Gasteiger partial charge on any atom is 0.433 e. The van der Waals surface area contributed by atoms with Crippen molar-refractivity contribution in [2.75, 3.05) is 7.11 Å². The number of benzene rings is 2. The molecule has 41 heavy (non-hydrogen) atoms. The van der Waals surface area contributed by atoms with Crippen LogP contribution in [0.4, 0.5) is 13.2 Å². The summed E-state index contributed by atoms with van der Waals surface area (Å²) in [6.07, 6.45) is -0.149. The average molecular weight is 595 g/mol. The first-order chi connectivity index (χ1) is 19.6. The third-order valence-electron chi connectivity index (χ3n) is 7.08. The molecule has 4 heterocycles. The summed E-state index contributed by atoms with van der Waals surface area (Å²) in [6, 6.07) is 17.3. The monoisotopic (exact) mass is 594 g/mol. The zero-order valence-corrected chi connectivity index (χ0v) is 23.3. The zero-order chi connectivity index (χ0) is 28.9. The van der Waals surface area contributed by atoms with Gasteiger partial charge in [-0.1, -0.05) is 41.9 Å². The van der Waals surface area contributed by atoms with Gasteiger partial charge in [-0.2, -0.15) is 13.2 Å². The van der Waals surface area contributed by atoms with Crippen LogP contribution in [0.2, 0.25) is 5.02 Å². The molecule has 1 N–H and O–H groups in total. The van der Waals surface area contributed by atoms with E-state index >= 15 is 0 Å². The number of aliphatic hydroxyl groups is 1. The van der Waals surface area contributed by atoms with Crippen molar-refractivity contribution in [3.8, 4) is 5.88 Å². The number of methoxy groups -OCH3 is 1. The summed E-state index contributed by atoms with van der Waals surface area (Å²) in [5, 5.41) is 14.3. The standard InChI is InChI=1S/C30H22ClF3N4O2S/c1-38-16-35-15-26(38)29(39,19-8-10-25(36-14-19)30(32,33)34)18-7-9-23-21(12-18)27(31)22(28(37-23)40-2)13-20-11-17-5-3-4-6-24(17)41-20/h3-12,14-16,39H,13H2,1-2H3. The Balaban J connectivity index is 1.51. The number of rotatable bonds is 6. The van der Waals surface area contributed by atoms with E-state index in [0.29, 0.717) is 45.0 Å². The summed E-state index contributed by atoms with van der Waals surface area (Å²) < 4.78 is 48.1. The fourth-order valence-electron chi connectivity index (χ4n) is 5.03. The van der Waals surface area contributed by atoms with Crippen molar-refractivity contribution in [1.29, 1.82) is 0 Å². The predicted molar refractivity (Wildman–Crippen MR) is 152 cm³/mol. The second-order valence-corrected chi connectivity index (χ2v) is 11.1. The van der Waals surface area contributed by atoms with Gasteiger partial charge in [0.1, 0.15) is 5.69 Å². The van der Waals surface area contributed by atoms with Crippen LogP contribution in [-0.2, 0) is 25.2 Å². The van der Waals surface area contributed by atoms with Gasteiger partial charge in [-0.3, -0.25) is 4.98 Å². The van der Waals surface area contributed by atoms with Crippen LogP contribution >= 0.6 is 22.9 Å². The fraction of sp³-hybridized carbons (Fsp3) is 0.167. The summed E-state index contributed by atoms with van der Waals surface area (Å²) in [5.74, 6) is 0.390. The molecule has 6 aromatic rings. The Morgan fingerprint density at radius 1 is 1.02 bits per heavy atom. The molecule has 208 valence electrons. The van der Waals surface area contributed by atoms with E-state index in [1.54, 1.807) is 41.2 Å². The number of thiophene rings is 1. The van der Waals surface area contributed by atoms with E-state index in [1.807, 2.05) is 12.1 Å². The van der Waals surface area contributed by atoms with Crippen molar-refractivity contribution in [1.82, 2.24) is 19.5 Å². The van der Waals surface area contributed by atoms with E-state index in [1.165, 1.54) is 25.7 Å². The second kappa shape index (κ2) is 10.1. The first kappa shape index (κ1) is 27.2. The molecule has 11 heteroatoms. The highest BCUT2D eigenvalue weighted by molar-refractivity contribution is 7.19. The predicted octanol–water partition coefficient (Wildman–Crippen LogP) is 7.13. The molecule has 0 saturated carbocycles. The van der Waals surface area contributed by atoms with E-state index < -0.39 is 17.5 Å². The van der Waals surface area contributed by atoms with Crippen LogP contribution in [0.3, 0.4) is 0 Å². The lowest BCUT2D eigenvalue weighted by Gasteiger charge is -2.30. The average Bonchev–Trinajstić information content (AvgIpc) is 3.59. The lowest BCUT2D eigenvalue weighted by Crippen LogP contribution is -2.31. The number of ether oxygens (including phenoxy) is 1. The van der Waals surface area contributed by atoms with Crippen LogP contribution in [0.25, 0.3) is 21.0 Å². The van der Waals surface area contributed by atoms with Crippen LogP contribution in [0.1, 0.15) is 33.0 Å². The molecule has 4 aromatic heterocycles. The molecule has 6 rings (SSSR count). The summed E-state index contributed by atoms with van der Waals surface area (Å²) in [4.78, 5) is 13.5. The van der Waals surface area contributed by atoms with E-state index in [4.69, 9.17) is 16.3 Å². The van der Waals surface area contributed by atoms with Crippen molar-refractivity contribution >= 4 is 43.9 Å². The molecule has 0 aliphatic heterocycles. The van der Waals surface area contributed by atoms with Gasteiger partial charge in [0.2, 0.25) is 5.88 Å².